The third-order valence-electron chi connectivity index (χ3n) is 5.15. The molecule has 1 heterocycles. The lowest BCUT2D eigenvalue weighted by molar-refractivity contribution is -0.141. The number of amides is 1. The number of pyridine rings is 1. The minimum atomic E-state index is -4.69. The molecule has 192 valence electrons. The van der Waals surface area contributed by atoms with Crippen LogP contribution in [0.4, 0.5) is 18.9 Å². The lowest BCUT2D eigenvalue weighted by atomic mass is 9.98. The van der Waals surface area contributed by atoms with Crippen LogP contribution in [0, 0.1) is 11.8 Å². The van der Waals surface area contributed by atoms with Gasteiger partial charge in [-0.2, -0.15) is 13.2 Å². The van der Waals surface area contributed by atoms with Crippen LogP contribution in [0.2, 0.25) is 5.02 Å². The number of alkyl halides is 3. The van der Waals surface area contributed by atoms with Crippen molar-refractivity contribution >= 4 is 29.2 Å². The van der Waals surface area contributed by atoms with Gasteiger partial charge in [0.15, 0.2) is 6.61 Å². The molecule has 0 aliphatic heterocycles. The van der Waals surface area contributed by atoms with Gasteiger partial charge in [-0.25, -0.2) is 4.79 Å². The fourth-order valence-electron chi connectivity index (χ4n) is 3.45. The number of anilines is 1. The monoisotopic (exact) mass is 532 g/mol. The van der Waals surface area contributed by atoms with Crippen LogP contribution in [0.1, 0.15) is 28.5 Å². The molecule has 2 aromatic carbocycles. The van der Waals surface area contributed by atoms with Crippen LogP contribution < -0.4 is 14.4 Å². The van der Waals surface area contributed by atoms with Crippen molar-refractivity contribution in [3.8, 4) is 34.5 Å². The maximum atomic E-state index is 13.6. The van der Waals surface area contributed by atoms with Gasteiger partial charge in [0, 0.05) is 36.0 Å². The van der Waals surface area contributed by atoms with E-state index in [9.17, 15) is 22.8 Å². The lowest BCUT2D eigenvalue weighted by Crippen LogP contribution is -2.27. The van der Waals surface area contributed by atoms with Crippen LogP contribution >= 0.6 is 11.6 Å². The Morgan fingerprint density at radius 2 is 1.84 bits per heavy atom. The number of hydrogen-bond acceptors (Lipinski definition) is 5. The maximum Gasteiger partial charge on any atom is 0.433 e. The number of aliphatic carboxylic acids is 1. The van der Waals surface area contributed by atoms with E-state index in [1.807, 2.05) is 0 Å². The van der Waals surface area contributed by atoms with Crippen molar-refractivity contribution in [3.63, 3.8) is 0 Å². The van der Waals surface area contributed by atoms with E-state index in [0.717, 1.165) is 12.3 Å². The third kappa shape index (κ3) is 6.13. The second kappa shape index (κ2) is 11.2. The highest BCUT2D eigenvalue weighted by molar-refractivity contribution is 6.34. The highest BCUT2D eigenvalue weighted by atomic mass is 35.5. The molecule has 0 unspecified atom stereocenters. The van der Waals surface area contributed by atoms with E-state index >= 15 is 0 Å². The summed E-state index contributed by atoms with van der Waals surface area (Å²) < 4.78 is 50.4. The van der Waals surface area contributed by atoms with Gasteiger partial charge in [-0.05, 0) is 31.2 Å². The number of methoxy groups -OCH3 is 1. The average Bonchev–Trinajstić information content (AvgIpc) is 2.86. The predicted molar refractivity (Wildman–Crippen MR) is 131 cm³/mol. The Bertz CT molecular complexity index is 1410. The molecule has 7 nitrogen and oxygen atoms in total. The normalized spacial score (nSPS) is 10.8. The van der Waals surface area contributed by atoms with Crippen LogP contribution in [0.15, 0.2) is 48.7 Å². The molecular weight excluding hydrogens is 513 g/mol. The molecule has 0 spiro atoms. The van der Waals surface area contributed by atoms with Crippen LogP contribution in [-0.2, 0) is 11.0 Å². The largest absolute Gasteiger partial charge is 0.495 e. The van der Waals surface area contributed by atoms with Gasteiger partial charge in [0.05, 0.1) is 23.4 Å². The molecule has 0 aliphatic rings. The second-order valence-corrected chi connectivity index (χ2v) is 7.94. The Morgan fingerprint density at radius 3 is 2.46 bits per heavy atom. The number of hydrogen-bond donors (Lipinski definition) is 1. The van der Waals surface area contributed by atoms with Gasteiger partial charge in [-0.15, -0.1) is 5.92 Å². The summed E-state index contributed by atoms with van der Waals surface area (Å²) in [6.07, 6.45) is -3.72. The van der Waals surface area contributed by atoms with Crippen molar-refractivity contribution < 1.29 is 37.3 Å². The van der Waals surface area contributed by atoms with Gasteiger partial charge in [-0.1, -0.05) is 29.7 Å². The first-order chi connectivity index (χ1) is 17.5. The van der Waals surface area contributed by atoms with E-state index in [1.165, 1.54) is 38.1 Å². The summed E-state index contributed by atoms with van der Waals surface area (Å²) in [4.78, 5) is 29.4. The molecule has 1 amide bonds. The van der Waals surface area contributed by atoms with E-state index in [0.29, 0.717) is 11.4 Å². The second-order valence-electron chi connectivity index (χ2n) is 7.53. The molecule has 11 heteroatoms. The fourth-order valence-corrected chi connectivity index (χ4v) is 3.70. The first-order valence-corrected chi connectivity index (χ1v) is 10.9. The summed E-state index contributed by atoms with van der Waals surface area (Å²) in [6, 6.07) is 10.0. The summed E-state index contributed by atoms with van der Waals surface area (Å²) in [5.74, 6) is 3.53. The molecule has 3 aromatic rings. The number of carbonyl (C=O) groups excluding carboxylic acids is 1. The van der Waals surface area contributed by atoms with Crippen molar-refractivity contribution in [2.24, 2.45) is 0 Å². The Kier molecular flexibility index (Phi) is 8.30. The summed E-state index contributed by atoms with van der Waals surface area (Å²) >= 11 is 6.43. The molecule has 3 rings (SSSR count). The Morgan fingerprint density at radius 1 is 1.14 bits per heavy atom. The van der Waals surface area contributed by atoms with Crippen LogP contribution in [0.5, 0.6) is 11.5 Å². The van der Waals surface area contributed by atoms with Crippen molar-refractivity contribution in [2.45, 2.75) is 13.1 Å². The SMILES string of the molecule is CC#Cc1cc(C(F)(F)F)ncc1-c1cc(C(=O)N(C)c2ccccc2OC)c(OCC(=O)O)cc1Cl. The standard InChI is InChI=1S/C26H20ClF3N2O5/c1-4-7-15-10-23(26(28,29)30)31-13-18(15)16-11-17(22(12-19(16)27)37-14-24(33)34)25(35)32(2)20-8-5-6-9-21(20)36-3/h5-6,8-13H,14H2,1-3H3,(H,33,34). The number of carboxylic acid groups (broad SMARTS) is 1. The van der Waals surface area contributed by atoms with Gasteiger partial charge in [0.2, 0.25) is 0 Å². The number of carbonyl (C=O) groups is 2. The third-order valence-corrected chi connectivity index (χ3v) is 5.46. The van der Waals surface area contributed by atoms with Gasteiger partial charge in [-0.3, -0.25) is 9.78 Å². The van der Waals surface area contributed by atoms with E-state index < -0.39 is 30.4 Å². The minimum Gasteiger partial charge on any atom is -0.495 e. The number of rotatable bonds is 7. The zero-order valence-electron chi connectivity index (χ0n) is 19.8. The highest BCUT2D eigenvalue weighted by Crippen LogP contribution is 2.39. The van der Waals surface area contributed by atoms with Crippen molar-refractivity contribution in [1.29, 1.82) is 0 Å². The summed E-state index contributed by atoms with van der Waals surface area (Å²) in [6.45, 7) is 0.696. The predicted octanol–water partition coefficient (Wildman–Crippen LogP) is 5.54. The molecule has 0 aliphatic carbocycles. The fraction of sp³-hybridized carbons (Fsp3) is 0.192. The van der Waals surface area contributed by atoms with Crippen LogP contribution in [0.3, 0.4) is 0 Å². The van der Waals surface area contributed by atoms with Crippen molar-refractivity contribution in [2.75, 3.05) is 25.7 Å². The molecule has 0 fully saturated rings. The van der Waals surface area contributed by atoms with Crippen molar-refractivity contribution in [1.82, 2.24) is 4.98 Å². The zero-order valence-corrected chi connectivity index (χ0v) is 20.6. The van der Waals surface area contributed by atoms with Crippen molar-refractivity contribution in [3.05, 3.63) is 70.5 Å². The summed E-state index contributed by atoms with van der Waals surface area (Å²) in [7, 11) is 2.91. The number of aromatic nitrogens is 1. The number of ether oxygens (including phenoxy) is 2. The summed E-state index contributed by atoms with van der Waals surface area (Å²) in [5, 5.41) is 9.05. The quantitative estimate of drug-likeness (QED) is 0.402. The molecule has 0 radical (unpaired) electrons. The number of para-hydroxylation sites is 2. The summed E-state index contributed by atoms with van der Waals surface area (Å²) in [5.41, 5.74) is -0.541. The molecule has 0 saturated heterocycles. The van der Waals surface area contributed by atoms with E-state index in [-0.39, 0.29) is 33.0 Å². The number of benzene rings is 2. The lowest BCUT2D eigenvalue weighted by Gasteiger charge is -2.22. The van der Waals surface area contributed by atoms with Gasteiger partial charge in [0.1, 0.15) is 17.2 Å². The van der Waals surface area contributed by atoms with E-state index in [1.54, 1.807) is 24.3 Å². The minimum absolute atomic E-state index is 0.0117. The smallest absolute Gasteiger partial charge is 0.433 e. The molecule has 0 saturated carbocycles. The molecule has 1 N–H and O–H groups in total. The van der Waals surface area contributed by atoms with E-state index in [2.05, 4.69) is 16.8 Å². The van der Waals surface area contributed by atoms with Gasteiger partial charge < -0.3 is 19.5 Å². The van der Waals surface area contributed by atoms with E-state index in [4.69, 9.17) is 26.2 Å². The van der Waals surface area contributed by atoms with Crippen LogP contribution in [0.25, 0.3) is 11.1 Å². The maximum absolute atomic E-state index is 13.6. The Labute approximate surface area is 215 Å². The topological polar surface area (TPSA) is 89.0 Å². The Hall–Kier alpha value is -4.23. The molecule has 0 bridgehead atoms. The molecule has 37 heavy (non-hydrogen) atoms. The zero-order chi connectivity index (χ0) is 27.3. The van der Waals surface area contributed by atoms with Crippen LogP contribution in [-0.4, -0.2) is 42.7 Å². The average molecular weight is 533 g/mol. The molecule has 0 atom stereocenters. The first-order valence-electron chi connectivity index (χ1n) is 10.6. The number of halogens is 4. The Balaban J connectivity index is 2.21. The number of nitrogens with zero attached hydrogens (tertiary/aromatic N) is 2. The van der Waals surface area contributed by atoms with Gasteiger partial charge in [0.25, 0.3) is 5.91 Å². The van der Waals surface area contributed by atoms with Gasteiger partial charge >= 0.3 is 12.1 Å². The molecule has 1 aromatic heterocycles. The highest BCUT2D eigenvalue weighted by Gasteiger charge is 2.33. The first kappa shape index (κ1) is 27.4. The number of carboxylic acids is 1. The molecular formula is C26H20ClF3N2O5.